The second-order valence-electron chi connectivity index (χ2n) is 5.48. The van der Waals surface area contributed by atoms with Crippen molar-refractivity contribution in [1.82, 2.24) is 4.98 Å². The molecule has 3 rings (SSSR count). The largest absolute Gasteiger partial charge is 0.497 e. The maximum Gasteiger partial charge on any atom is 0.312 e. The molecule has 1 aromatic heterocycles. The Morgan fingerprint density at radius 3 is 2.54 bits per heavy atom. The van der Waals surface area contributed by atoms with E-state index < -0.39 is 11.8 Å². The van der Waals surface area contributed by atoms with Crippen molar-refractivity contribution in [3.05, 3.63) is 60.0 Å². The number of rotatable bonds is 6. The predicted octanol–water partition coefficient (Wildman–Crippen LogP) is 4.26. The van der Waals surface area contributed by atoms with Gasteiger partial charge in [-0.15, -0.1) is 0 Å². The summed E-state index contributed by atoms with van der Waals surface area (Å²) in [6.07, 6.45) is -0.100. The third kappa shape index (κ3) is 3.74. The lowest BCUT2D eigenvalue weighted by Crippen LogP contribution is -2.08. The Hall–Kier alpha value is -3.15. The van der Waals surface area contributed by atoms with Crippen LogP contribution in [0.5, 0.6) is 5.75 Å². The van der Waals surface area contributed by atoms with Gasteiger partial charge in [0.05, 0.1) is 31.4 Å². The lowest BCUT2D eigenvalue weighted by Gasteiger charge is -2.03. The minimum atomic E-state index is -0.449. The predicted molar refractivity (Wildman–Crippen MR) is 94.2 cm³/mol. The van der Waals surface area contributed by atoms with Gasteiger partial charge in [-0.2, -0.15) is 0 Å². The topological polar surface area (TPSA) is 61.6 Å². The van der Waals surface area contributed by atoms with E-state index in [4.69, 9.17) is 13.9 Å². The van der Waals surface area contributed by atoms with E-state index in [2.05, 4.69) is 4.98 Å². The first-order valence-electron chi connectivity index (χ1n) is 8.17. The van der Waals surface area contributed by atoms with Crippen LogP contribution < -0.4 is 4.74 Å². The number of oxazole rings is 1. The number of carbonyl (C=O) groups is 1. The lowest BCUT2D eigenvalue weighted by atomic mass is 10.1. The number of halogens is 1. The van der Waals surface area contributed by atoms with E-state index in [1.165, 1.54) is 6.07 Å². The number of esters is 1. The Morgan fingerprint density at radius 2 is 1.88 bits per heavy atom. The number of benzene rings is 2. The molecule has 2 aromatic carbocycles. The van der Waals surface area contributed by atoms with Gasteiger partial charge in [0.25, 0.3) is 0 Å². The first kappa shape index (κ1) is 17.7. The molecule has 3 aromatic rings. The van der Waals surface area contributed by atoms with Gasteiger partial charge < -0.3 is 13.9 Å². The Bertz CT molecular complexity index is 902. The number of hydrogen-bond donors (Lipinski definition) is 0. The molecule has 1 heterocycles. The van der Waals surface area contributed by atoms with Gasteiger partial charge in [-0.1, -0.05) is 12.1 Å². The highest BCUT2D eigenvalue weighted by atomic mass is 19.1. The van der Waals surface area contributed by atoms with E-state index in [1.54, 1.807) is 56.5 Å². The molecule has 0 atom stereocenters. The maximum atomic E-state index is 14.2. The summed E-state index contributed by atoms with van der Waals surface area (Å²) in [5, 5.41) is 0. The van der Waals surface area contributed by atoms with Crippen molar-refractivity contribution in [3.63, 3.8) is 0 Å². The average molecular weight is 355 g/mol. The van der Waals surface area contributed by atoms with Crippen molar-refractivity contribution in [2.45, 2.75) is 13.3 Å². The second-order valence-corrected chi connectivity index (χ2v) is 5.48. The summed E-state index contributed by atoms with van der Waals surface area (Å²) in [7, 11) is 1.58. The molecule has 0 spiro atoms. The number of carbonyl (C=O) groups excluding carboxylic acids is 1. The molecule has 26 heavy (non-hydrogen) atoms. The van der Waals surface area contributed by atoms with Gasteiger partial charge in [0.1, 0.15) is 11.6 Å². The summed E-state index contributed by atoms with van der Waals surface area (Å²) in [4.78, 5) is 16.3. The van der Waals surface area contributed by atoms with Crippen molar-refractivity contribution < 1.29 is 23.1 Å². The van der Waals surface area contributed by atoms with Gasteiger partial charge in [0, 0.05) is 5.56 Å². The zero-order valence-corrected chi connectivity index (χ0v) is 14.5. The standard InChI is InChI=1S/C20H18FNO4/c1-3-25-18(23)12-17-19(15-6-4-5-7-16(15)21)26-20(22-17)13-8-10-14(24-2)11-9-13/h4-11H,3,12H2,1-2H3. The molecule has 0 saturated heterocycles. The normalized spacial score (nSPS) is 10.6. The molecule has 0 unspecified atom stereocenters. The van der Waals surface area contributed by atoms with Crippen molar-refractivity contribution in [3.8, 4) is 28.5 Å². The molecular formula is C20H18FNO4. The summed E-state index contributed by atoms with van der Waals surface area (Å²) in [6.45, 7) is 1.98. The maximum absolute atomic E-state index is 14.2. The Balaban J connectivity index is 2.04. The van der Waals surface area contributed by atoms with Crippen LogP contribution in [0.15, 0.2) is 52.9 Å². The van der Waals surface area contributed by atoms with E-state index >= 15 is 0 Å². The molecule has 0 saturated carbocycles. The molecule has 0 aliphatic carbocycles. The van der Waals surface area contributed by atoms with Crippen LogP contribution in [0.3, 0.4) is 0 Å². The molecule has 0 aliphatic rings. The first-order valence-corrected chi connectivity index (χ1v) is 8.17. The molecule has 5 nitrogen and oxygen atoms in total. The summed E-state index contributed by atoms with van der Waals surface area (Å²) in [5.74, 6) is 0.322. The fourth-order valence-corrected chi connectivity index (χ4v) is 2.53. The van der Waals surface area contributed by atoms with E-state index in [9.17, 15) is 9.18 Å². The van der Waals surface area contributed by atoms with Crippen LogP contribution in [0.2, 0.25) is 0 Å². The molecule has 0 fully saturated rings. The molecular weight excluding hydrogens is 337 g/mol. The molecule has 134 valence electrons. The quantitative estimate of drug-likeness (QED) is 0.618. The Kier molecular flexibility index (Phi) is 5.31. The molecule has 0 radical (unpaired) electrons. The van der Waals surface area contributed by atoms with Gasteiger partial charge in [0.2, 0.25) is 5.89 Å². The zero-order chi connectivity index (χ0) is 18.5. The van der Waals surface area contributed by atoms with Crippen molar-refractivity contribution >= 4 is 5.97 Å². The Morgan fingerprint density at radius 1 is 1.15 bits per heavy atom. The zero-order valence-electron chi connectivity index (χ0n) is 14.5. The summed E-state index contributed by atoms with van der Waals surface area (Å²) < 4.78 is 30.2. The minimum absolute atomic E-state index is 0.100. The van der Waals surface area contributed by atoms with E-state index in [0.29, 0.717) is 22.9 Å². The third-order valence-electron chi connectivity index (χ3n) is 3.77. The highest BCUT2D eigenvalue weighted by molar-refractivity contribution is 5.76. The number of aromatic nitrogens is 1. The summed E-state index contributed by atoms with van der Waals surface area (Å²) >= 11 is 0. The van der Waals surface area contributed by atoms with Gasteiger partial charge >= 0.3 is 5.97 Å². The van der Waals surface area contributed by atoms with Crippen LogP contribution in [0.4, 0.5) is 4.39 Å². The first-order chi connectivity index (χ1) is 12.6. The third-order valence-corrected chi connectivity index (χ3v) is 3.77. The lowest BCUT2D eigenvalue weighted by molar-refractivity contribution is -0.142. The van der Waals surface area contributed by atoms with Crippen LogP contribution >= 0.6 is 0 Å². The molecule has 0 aliphatic heterocycles. The smallest absolute Gasteiger partial charge is 0.312 e. The van der Waals surface area contributed by atoms with Crippen LogP contribution in [0.25, 0.3) is 22.8 Å². The second kappa shape index (κ2) is 7.82. The number of methoxy groups -OCH3 is 1. The van der Waals surface area contributed by atoms with E-state index in [0.717, 1.165) is 0 Å². The van der Waals surface area contributed by atoms with Crippen molar-refractivity contribution in [2.24, 2.45) is 0 Å². The summed E-state index contributed by atoms with van der Waals surface area (Å²) in [5.41, 5.74) is 1.27. The highest BCUT2D eigenvalue weighted by Gasteiger charge is 2.21. The summed E-state index contributed by atoms with van der Waals surface area (Å²) in [6, 6.07) is 13.3. The SMILES string of the molecule is CCOC(=O)Cc1nc(-c2ccc(OC)cc2)oc1-c1ccccc1F. The Labute approximate surface area is 150 Å². The molecule has 6 heteroatoms. The fourth-order valence-electron chi connectivity index (χ4n) is 2.53. The average Bonchev–Trinajstić information content (AvgIpc) is 3.06. The minimum Gasteiger partial charge on any atom is -0.497 e. The van der Waals surface area contributed by atoms with Gasteiger partial charge in [-0.05, 0) is 43.3 Å². The van der Waals surface area contributed by atoms with E-state index in [-0.39, 0.29) is 24.4 Å². The number of hydrogen-bond acceptors (Lipinski definition) is 5. The molecule has 0 amide bonds. The molecule has 0 N–H and O–H groups in total. The van der Waals surface area contributed by atoms with Gasteiger partial charge in [-0.25, -0.2) is 9.37 Å². The fraction of sp³-hybridized carbons (Fsp3) is 0.200. The van der Waals surface area contributed by atoms with Gasteiger partial charge in [-0.3, -0.25) is 4.79 Å². The monoisotopic (exact) mass is 355 g/mol. The number of nitrogens with zero attached hydrogens (tertiary/aromatic N) is 1. The van der Waals surface area contributed by atoms with Crippen LogP contribution in [-0.2, 0) is 16.0 Å². The number of ether oxygens (including phenoxy) is 2. The molecule has 0 bridgehead atoms. The van der Waals surface area contributed by atoms with Crippen molar-refractivity contribution in [2.75, 3.05) is 13.7 Å². The van der Waals surface area contributed by atoms with Crippen molar-refractivity contribution in [1.29, 1.82) is 0 Å². The van der Waals surface area contributed by atoms with Gasteiger partial charge in [0.15, 0.2) is 5.76 Å². The van der Waals surface area contributed by atoms with Crippen LogP contribution in [0, 0.1) is 5.82 Å². The van der Waals surface area contributed by atoms with E-state index in [1.807, 2.05) is 0 Å². The van der Waals surface area contributed by atoms with Crippen LogP contribution in [-0.4, -0.2) is 24.7 Å². The van der Waals surface area contributed by atoms with Crippen LogP contribution in [0.1, 0.15) is 12.6 Å². The highest BCUT2D eigenvalue weighted by Crippen LogP contribution is 2.32.